The third kappa shape index (κ3) is 5.55. The molecule has 0 amide bonds. The Bertz CT molecular complexity index is 139. The van der Waals surface area contributed by atoms with E-state index in [9.17, 15) is 4.79 Å². The Morgan fingerprint density at radius 3 is 2.42 bits per heavy atom. The molecule has 0 rings (SSSR count). The average molecular weight is 320 g/mol. The van der Waals surface area contributed by atoms with Crippen molar-refractivity contribution in [3.05, 3.63) is 0 Å². The van der Waals surface area contributed by atoms with Gasteiger partial charge in [-0.1, -0.05) is 58.0 Å². The van der Waals surface area contributed by atoms with E-state index in [0.29, 0.717) is 0 Å². The van der Waals surface area contributed by atoms with Gasteiger partial charge in [-0.2, -0.15) is 0 Å². The normalized spacial score (nSPS) is 15.7. The molecule has 0 fully saturated rings. The second-order valence-electron chi connectivity index (χ2n) is 2.67. The number of carbonyl (C=O) groups is 1. The van der Waals surface area contributed by atoms with Gasteiger partial charge in [0.1, 0.15) is 4.29 Å². The maximum atomic E-state index is 11.2. The van der Waals surface area contributed by atoms with Crippen LogP contribution in [-0.4, -0.2) is 14.9 Å². The van der Waals surface area contributed by atoms with Gasteiger partial charge in [0, 0.05) is 0 Å². The summed E-state index contributed by atoms with van der Waals surface area (Å²) in [5.41, 5.74) is 0. The molecule has 0 aliphatic carbocycles. The van der Waals surface area contributed by atoms with Crippen molar-refractivity contribution in [3.8, 4) is 0 Å². The summed E-state index contributed by atoms with van der Waals surface area (Å²) in [5, 5.41) is 0. The Hall–Kier alpha value is 0.920. The summed E-state index contributed by atoms with van der Waals surface area (Å²) in [4.78, 5) is 11.1. The van der Waals surface area contributed by atoms with Gasteiger partial charge in [-0.3, -0.25) is 4.79 Å². The molecule has 0 N–H and O–H groups in total. The van der Waals surface area contributed by atoms with Gasteiger partial charge in [-0.25, -0.2) is 0 Å². The van der Waals surface area contributed by atoms with Crippen LogP contribution in [-0.2, 0) is 4.79 Å². The van der Waals surface area contributed by atoms with Gasteiger partial charge in [-0.15, -0.1) is 11.6 Å². The number of alkyl halides is 3. The van der Waals surface area contributed by atoms with Crippen molar-refractivity contribution in [3.63, 3.8) is 0 Å². The Kier molecular flexibility index (Phi) is 7.90. The Labute approximate surface area is 95.5 Å². The maximum Gasteiger partial charge on any atom is 0.174 e. The average Bonchev–Trinajstić information content (AvgIpc) is 2.03. The van der Waals surface area contributed by atoms with E-state index in [2.05, 4.69) is 38.8 Å². The van der Waals surface area contributed by atoms with E-state index in [1.165, 1.54) is 12.8 Å². The van der Waals surface area contributed by atoms with Crippen molar-refractivity contribution in [2.45, 2.75) is 41.7 Å². The molecule has 4 heteroatoms. The number of hydrogen-bond acceptors (Lipinski definition) is 1. The molecule has 0 spiro atoms. The lowest BCUT2D eigenvalue weighted by molar-refractivity contribution is -0.116. The smallest absolute Gasteiger partial charge is 0.174 e. The Morgan fingerprint density at radius 2 is 2.00 bits per heavy atom. The van der Waals surface area contributed by atoms with E-state index < -0.39 is 4.29 Å². The molecule has 0 aliphatic rings. The number of rotatable bonds is 6. The minimum atomic E-state index is -0.552. The second kappa shape index (κ2) is 7.34. The standard InChI is InChI=1S/C8H13Br2ClO/c1-2-3-4-5-6(9)7(12)8(10)11/h6,8H,2-5H2,1H3. The fraction of sp³-hybridized carbons (Fsp3) is 0.875. The topological polar surface area (TPSA) is 17.1 Å². The monoisotopic (exact) mass is 318 g/mol. The van der Waals surface area contributed by atoms with Crippen LogP contribution in [0.2, 0.25) is 0 Å². The fourth-order valence-electron chi connectivity index (χ4n) is 0.853. The summed E-state index contributed by atoms with van der Waals surface area (Å²) in [6.07, 6.45) is 4.30. The van der Waals surface area contributed by atoms with Crippen molar-refractivity contribution in [2.75, 3.05) is 0 Å². The molecule has 0 saturated heterocycles. The summed E-state index contributed by atoms with van der Waals surface area (Å²) in [6, 6.07) is 0. The number of Topliss-reactive ketones (excluding diaryl/α,β-unsaturated/α-hetero) is 1. The Balaban J connectivity index is 3.57. The summed E-state index contributed by atoms with van der Waals surface area (Å²) in [7, 11) is 0. The molecule has 0 bridgehead atoms. The number of halogens is 3. The third-order valence-corrected chi connectivity index (χ3v) is 3.16. The van der Waals surface area contributed by atoms with Crippen molar-refractivity contribution in [1.82, 2.24) is 0 Å². The minimum absolute atomic E-state index is 0.0211. The molecule has 0 radical (unpaired) electrons. The molecule has 12 heavy (non-hydrogen) atoms. The van der Waals surface area contributed by atoms with Gasteiger partial charge in [-0.05, 0) is 6.42 Å². The zero-order valence-electron chi connectivity index (χ0n) is 7.03. The molecule has 0 heterocycles. The molecular formula is C8H13Br2ClO. The molecule has 72 valence electrons. The quantitative estimate of drug-likeness (QED) is 0.536. The molecule has 2 unspecified atom stereocenters. The van der Waals surface area contributed by atoms with Crippen molar-refractivity contribution in [2.24, 2.45) is 0 Å². The molecule has 1 nitrogen and oxygen atoms in total. The maximum absolute atomic E-state index is 11.2. The largest absolute Gasteiger partial charge is 0.296 e. The molecule has 2 atom stereocenters. The van der Waals surface area contributed by atoms with E-state index in [0.717, 1.165) is 12.8 Å². The first kappa shape index (κ1) is 12.9. The van der Waals surface area contributed by atoms with Gasteiger partial charge in [0.15, 0.2) is 5.78 Å². The van der Waals surface area contributed by atoms with Crippen molar-refractivity contribution >= 4 is 49.2 Å². The molecule has 0 aliphatic heterocycles. The van der Waals surface area contributed by atoms with E-state index >= 15 is 0 Å². The zero-order valence-corrected chi connectivity index (χ0v) is 11.0. The van der Waals surface area contributed by atoms with Crippen LogP contribution in [0.4, 0.5) is 0 Å². The number of carbonyl (C=O) groups excluding carboxylic acids is 1. The summed E-state index contributed by atoms with van der Waals surface area (Å²) < 4.78 is -0.552. The van der Waals surface area contributed by atoms with Crippen LogP contribution in [0.15, 0.2) is 0 Å². The van der Waals surface area contributed by atoms with Crippen LogP contribution in [0, 0.1) is 0 Å². The van der Waals surface area contributed by atoms with Gasteiger partial charge in [0.05, 0.1) is 4.83 Å². The Morgan fingerprint density at radius 1 is 1.42 bits per heavy atom. The fourth-order valence-corrected chi connectivity index (χ4v) is 2.42. The number of hydrogen-bond donors (Lipinski definition) is 0. The predicted molar refractivity (Wildman–Crippen MR) is 60.4 cm³/mol. The molecular weight excluding hydrogens is 307 g/mol. The van der Waals surface area contributed by atoms with Crippen LogP contribution in [0.5, 0.6) is 0 Å². The van der Waals surface area contributed by atoms with Crippen LogP contribution in [0.1, 0.15) is 32.6 Å². The highest BCUT2D eigenvalue weighted by atomic mass is 79.9. The van der Waals surface area contributed by atoms with E-state index in [1.807, 2.05) is 0 Å². The van der Waals surface area contributed by atoms with Crippen LogP contribution < -0.4 is 0 Å². The lowest BCUT2D eigenvalue weighted by Gasteiger charge is -2.08. The van der Waals surface area contributed by atoms with Crippen LogP contribution in [0.25, 0.3) is 0 Å². The van der Waals surface area contributed by atoms with Gasteiger partial charge < -0.3 is 0 Å². The third-order valence-electron chi connectivity index (χ3n) is 1.58. The zero-order chi connectivity index (χ0) is 9.56. The number of ketones is 1. The first-order chi connectivity index (χ1) is 5.59. The van der Waals surface area contributed by atoms with Gasteiger partial charge in [0.25, 0.3) is 0 Å². The summed E-state index contributed by atoms with van der Waals surface area (Å²) >= 11 is 11.9. The summed E-state index contributed by atoms with van der Waals surface area (Å²) in [5.74, 6) is 0.0211. The SMILES string of the molecule is CCCCCC(Br)C(=O)C(Cl)Br. The van der Waals surface area contributed by atoms with Crippen LogP contribution in [0.3, 0.4) is 0 Å². The van der Waals surface area contributed by atoms with Crippen molar-refractivity contribution in [1.29, 1.82) is 0 Å². The number of unbranched alkanes of at least 4 members (excludes halogenated alkanes) is 2. The lowest BCUT2D eigenvalue weighted by atomic mass is 10.1. The molecule has 0 aromatic carbocycles. The van der Waals surface area contributed by atoms with Crippen LogP contribution >= 0.6 is 43.5 Å². The van der Waals surface area contributed by atoms with Gasteiger partial charge in [0.2, 0.25) is 0 Å². The molecule has 0 saturated carbocycles. The highest BCUT2D eigenvalue weighted by Crippen LogP contribution is 2.18. The predicted octanol–water partition coefficient (Wildman–Crippen LogP) is 3.86. The highest BCUT2D eigenvalue weighted by molar-refractivity contribution is 9.11. The first-order valence-electron chi connectivity index (χ1n) is 4.05. The molecule has 0 aromatic heterocycles. The van der Waals surface area contributed by atoms with Crippen molar-refractivity contribution < 1.29 is 4.79 Å². The lowest BCUT2D eigenvalue weighted by Crippen LogP contribution is -2.19. The van der Waals surface area contributed by atoms with Gasteiger partial charge >= 0.3 is 0 Å². The van der Waals surface area contributed by atoms with E-state index in [4.69, 9.17) is 11.6 Å². The highest BCUT2D eigenvalue weighted by Gasteiger charge is 2.19. The van der Waals surface area contributed by atoms with E-state index in [-0.39, 0.29) is 10.6 Å². The minimum Gasteiger partial charge on any atom is -0.296 e. The first-order valence-corrected chi connectivity index (χ1v) is 6.32. The summed E-state index contributed by atoms with van der Waals surface area (Å²) in [6.45, 7) is 2.14. The van der Waals surface area contributed by atoms with E-state index in [1.54, 1.807) is 0 Å². The molecule has 0 aromatic rings. The second-order valence-corrected chi connectivity index (χ2v) is 5.65.